The van der Waals surface area contributed by atoms with E-state index in [-0.39, 0.29) is 0 Å². The molecule has 0 spiro atoms. The third-order valence-corrected chi connectivity index (χ3v) is 1.13. The average molecular weight is 107 g/mol. The highest BCUT2D eigenvalue weighted by Crippen LogP contribution is 2.06. The van der Waals surface area contributed by atoms with Crippen LogP contribution in [-0.2, 0) is 0 Å². The maximum Gasteiger partial charge on any atom is -0.00265 e. The van der Waals surface area contributed by atoms with Crippen LogP contribution < -0.4 is 5.73 Å². The molecule has 2 N–H and O–H groups in total. The molecule has 0 aromatic heterocycles. The molecule has 0 saturated carbocycles. The maximum absolute atomic E-state index is 5.26. The monoisotopic (exact) mass is 107 g/mol. The Morgan fingerprint density at radius 2 is 2.38 bits per heavy atom. The molecule has 8 heavy (non-hydrogen) atoms. The number of hydrogen-bond donors (Lipinski definition) is 1. The molecular formula is C7H9N. The Balaban J connectivity index is 2.66. The summed E-state index contributed by atoms with van der Waals surface area (Å²) in [5.74, 6) is 0. The summed E-state index contributed by atoms with van der Waals surface area (Å²) in [6.07, 6.45) is 10.7. The molecule has 0 amide bonds. The van der Waals surface area contributed by atoms with Crippen molar-refractivity contribution in [3.63, 3.8) is 0 Å². The van der Waals surface area contributed by atoms with Crippen LogP contribution in [0.4, 0.5) is 0 Å². The van der Waals surface area contributed by atoms with Gasteiger partial charge < -0.3 is 5.73 Å². The highest BCUT2D eigenvalue weighted by molar-refractivity contribution is 5.28. The number of nitrogens with two attached hydrogens (primary N) is 1. The molecule has 1 aliphatic rings. The Labute approximate surface area is 49.2 Å². The molecule has 0 aliphatic heterocycles. The fraction of sp³-hybridized carbons (Fsp3) is 0.143. The van der Waals surface area contributed by atoms with Crippen molar-refractivity contribution in [1.29, 1.82) is 0 Å². The van der Waals surface area contributed by atoms with Crippen LogP contribution in [0.5, 0.6) is 0 Å². The quantitative estimate of drug-likeness (QED) is 0.496. The molecule has 1 aliphatic carbocycles. The molecule has 1 heteroatoms. The zero-order chi connectivity index (χ0) is 5.82. The van der Waals surface area contributed by atoms with Crippen molar-refractivity contribution in [2.45, 2.75) is 6.42 Å². The fourth-order valence-electron chi connectivity index (χ4n) is 0.653. The molecule has 0 atom stereocenters. The van der Waals surface area contributed by atoms with Gasteiger partial charge in [0.05, 0.1) is 0 Å². The molecule has 0 bridgehead atoms. The van der Waals surface area contributed by atoms with Gasteiger partial charge in [0.25, 0.3) is 0 Å². The molecule has 1 nitrogen and oxygen atoms in total. The Kier molecular flexibility index (Phi) is 1.52. The lowest BCUT2D eigenvalue weighted by Gasteiger charge is -1.97. The van der Waals surface area contributed by atoms with Gasteiger partial charge in [-0.15, -0.1) is 0 Å². The smallest absolute Gasteiger partial charge is 0.00265 e. The molecule has 0 aromatic rings. The Morgan fingerprint density at radius 1 is 1.50 bits per heavy atom. The first kappa shape index (κ1) is 5.16. The van der Waals surface area contributed by atoms with Gasteiger partial charge in [0, 0.05) is 0 Å². The van der Waals surface area contributed by atoms with Crippen molar-refractivity contribution in [3.05, 3.63) is 36.1 Å². The number of hydrogen-bond acceptors (Lipinski definition) is 1. The van der Waals surface area contributed by atoms with E-state index in [1.165, 1.54) is 5.57 Å². The van der Waals surface area contributed by atoms with Gasteiger partial charge in [0.1, 0.15) is 0 Å². The Hall–Kier alpha value is -0.980. The van der Waals surface area contributed by atoms with Crippen molar-refractivity contribution in [1.82, 2.24) is 0 Å². The molecule has 42 valence electrons. The summed E-state index contributed by atoms with van der Waals surface area (Å²) in [6, 6.07) is 0. The van der Waals surface area contributed by atoms with E-state index in [2.05, 4.69) is 6.08 Å². The summed E-state index contributed by atoms with van der Waals surface area (Å²) in [5, 5.41) is 0. The lowest BCUT2D eigenvalue weighted by molar-refractivity contribution is 1.24. The van der Waals surface area contributed by atoms with E-state index in [0.717, 1.165) is 6.42 Å². The van der Waals surface area contributed by atoms with Crippen molar-refractivity contribution in [2.24, 2.45) is 5.73 Å². The standard InChI is InChI=1S/C7H9N/c8-6-7-4-2-1-3-5-7/h1-4,6H,5,8H2/b7-6-. The van der Waals surface area contributed by atoms with Crippen molar-refractivity contribution < 1.29 is 0 Å². The minimum absolute atomic E-state index is 0.979. The van der Waals surface area contributed by atoms with Crippen LogP contribution in [0.3, 0.4) is 0 Å². The number of allylic oxidation sites excluding steroid dienone is 5. The van der Waals surface area contributed by atoms with E-state index in [9.17, 15) is 0 Å². The van der Waals surface area contributed by atoms with Crippen LogP contribution >= 0.6 is 0 Å². The largest absolute Gasteiger partial charge is 0.404 e. The van der Waals surface area contributed by atoms with Crippen LogP contribution in [-0.4, -0.2) is 0 Å². The normalized spacial score (nSPS) is 22.2. The summed E-state index contributed by atoms with van der Waals surface area (Å²) >= 11 is 0. The first-order valence-corrected chi connectivity index (χ1v) is 2.67. The summed E-state index contributed by atoms with van der Waals surface area (Å²) in [7, 11) is 0. The predicted octanol–water partition coefficient (Wildman–Crippen LogP) is 1.35. The fourth-order valence-corrected chi connectivity index (χ4v) is 0.653. The first-order valence-electron chi connectivity index (χ1n) is 2.67. The van der Waals surface area contributed by atoms with Gasteiger partial charge in [-0.3, -0.25) is 0 Å². The molecule has 1 rings (SSSR count). The average Bonchev–Trinajstić information content (AvgIpc) is 1.90. The van der Waals surface area contributed by atoms with Gasteiger partial charge in [-0.05, 0) is 18.2 Å². The van der Waals surface area contributed by atoms with Gasteiger partial charge >= 0.3 is 0 Å². The van der Waals surface area contributed by atoms with Gasteiger partial charge in [0.2, 0.25) is 0 Å². The zero-order valence-corrected chi connectivity index (χ0v) is 4.67. The lowest BCUT2D eigenvalue weighted by Crippen LogP contribution is -1.86. The van der Waals surface area contributed by atoms with E-state index in [1.54, 1.807) is 6.20 Å². The van der Waals surface area contributed by atoms with Gasteiger partial charge in [-0.1, -0.05) is 24.3 Å². The zero-order valence-electron chi connectivity index (χ0n) is 4.67. The van der Waals surface area contributed by atoms with Gasteiger partial charge in [-0.25, -0.2) is 0 Å². The molecular weight excluding hydrogens is 98.1 g/mol. The third-order valence-electron chi connectivity index (χ3n) is 1.13. The van der Waals surface area contributed by atoms with Crippen molar-refractivity contribution in [3.8, 4) is 0 Å². The van der Waals surface area contributed by atoms with E-state index in [0.29, 0.717) is 0 Å². The topological polar surface area (TPSA) is 26.0 Å². The summed E-state index contributed by atoms with van der Waals surface area (Å²) in [5.41, 5.74) is 6.44. The second-order valence-electron chi connectivity index (χ2n) is 1.73. The second kappa shape index (κ2) is 2.36. The van der Waals surface area contributed by atoms with E-state index < -0.39 is 0 Å². The van der Waals surface area contributed by atoms with Crippen LogP contribution in [0.2, 0.25) is 0 Å². The predicted molar refractivity (Wildman–Crippen MR) is 35.2 cm³/mol. The molecule has 0 radical (unpaired) electrons. The van der Waals surface area contributed by atoms with Crippen LogP contribution in [0.15, 0.2) is 36.1 Å². The van der Waals surface area contributed by atoms with Crippen LogP contribution in [0, 0.1) is 0 Å². The van der Waals surface area contributed by atoms with Crippen LogP contribution in [0.25, 0.3) is 0 Å². The van der Waals surface area contributed by atoms with Crippen molar-refractivity contribution >= 4 is 0 Å². The summed E-state index contributed by atoms with van der Waals surface area (Å²) in [4.78, 5) is 0. The maximum atomic E-state index is 5.26. The highest BCUT2D eigenvalue weighted by atomic mass is 14.5. The van der Waals surface area contributed by atoms with E-state index >= 15 is 0 Å². The molecule has 0 fully saturated rings. The van der Waals surface area contributed by atoms with Gasteiger partial charge in [-0.2, -0.15) is 0 Å². The van der Waals surface area contributed by atoms with Gasteiger partial charge in [0.15, 0.2) is 0 Å². The van der Waals surface area contributed by atoms with E-state index in [1.807, 2.05) is 18.2 Å². The Bertz CT molecular complexity index is 152. The molecule has 0 aromatic carbocycles. The molecule has 0 unspecified atom stereocenters. The minimum Gasteiger partial charge on any atom is -0.404 e. The first-order chi connectivity index (χ1) is 3.93. The third kappa shape index (κ3) is 0.997. The Morgan fingerprint density at radius 3 is 2.75 bits per heavy atom. The highest BCUT2D eigenvalue weighted by Gasteiger charge is 1.88. The molecule has 0 heterocycles. The van der Waals surface area contributed by atoms with Crippen molar-refractivity contribution in [2.75, 3.05) is 0 Å². The number of rotatable bonds is 0. The minimum atomic E-state index is 0.979. The van der Waals surface area contributed by atoms with Crippen LogP contribution in [0.1, 0.15) is 6.42 Å². The summed E-state index contributed by atoms with van der Waals surface area (Å²) < 4.78 is 0. The molecule has 0 saturated heterocycles. The van der Waals surface area contributed by atoms with E-state index in [4.69, 9.17) is 5.73 Å². The summed E-state index contributed by atoms with van der Waals surface area (Å²) in [6.45, 7) is 0. The lowest BCUT2D eigenvalue weighted by atomic mass is 10.1. The SMILES string of the molecule is N/C=C1/C=CC=CC1. The second-order valence-corrected chi connectivity index (χ2v) is 1.73.